The zero-order valence-electron chi connectivity index (χ0n) is 12.3. The predicted octanol–water partition coefficient (Wildman–Crippen LogP) is 4.17. The molecule has 0 aliphatic heterocycles. The SMILES string of the molecule is CCOc1ccc(Cc2c[nH]c3ccccc23)cc1OC. The fourth-order valence-corrected chi connectivity index (χ4v) is 2.59. The molecule has 2 aromatic carbocycles. The first-order valence-corrected chi connectivity index (χ1v) is 7.16. The molecule has 21 heavy (non-hydrogen) atoms. The number of aromatic amines is 1. The minimum absolute atomic E-state index is 0.637. The summed E-state index contributed by atoms with van der Waals surface area (Å²) in [6.07, 6.45) is 2.94. The molecule has 0 radical (unpaired) electrons. The maximum absolute atomic E-state index is 5.56. The molecule has 0 unspecified atom stereocenters. The number of para-hydroxylation sites is 1. The number of ether oxygens (including phenoxy) is 2. The second kappa shape index (κ2) is 5.92. The van der Waals surface area contributed by atoms with Gasteiger partial charge in [-0.2, -0.15) is 0 Å². The van der Waals surface area contributed by atoms with Crippen molar-refractivity contribution in [3.63, 3.8) is 0 Å². The second-order valence-corrected chi connectivity index (χ2v) is 4.95. The molecular weight excluding hydrogens is 262 g/mol. The summed E-state index contributed by atoms with van der Waals surface area (Å²) >= 11 is 0. The van der Waals surface area contributed by atoms with Crippen LogP contribution in [0.5, 0.6) is 11.5 Å². The maximum atomic E-state index is 5.56. The molecule has 0 saturated carbocycles. The monoisotopic (exact) mass is 281 g/mol. The van der Waals surface area contributed by atoms with Gasteiger partial charge in [0, 0.05) is 17.1 Å². The number of hydrogen-bond donors (Lipinski definition) is 1. The Morgan fingerprint density at radius 2 is 1.90 bits per heavy atom. The summed E-state index contributed by atoms with van der Waals surface area (Å²) in [6.45, 7) is 2.61. The molecule has 0 bridgehead atoms. The van der Waals surface area contributed by atoms with Crippen molar-refractivity contribution in [3.05, 3.63) is 59.8 Å². The Labute approximate surface area is 124 Å². The van der Waals surface area contributed by atoms with E-state index in [0.29, 0.717) is 6.61 Å². The van der Waals surface area contributed by atoms with E-state index in [9.17, 15) is 0 Å². The second-order valence-electron chi connectivity index (χ2n) is 4.95. The van der Waals surface area contributed by atoms with Gasteiger partial charge in [0.1, 0.15) is 0 Å². The van der Waals surface area contributed by atoms with Crippen molar-refractivity contribution in [1.82, 2.24) is 4.98 Å². The Hall–Kier alpha value is -2.42. The fraction of sp³-hybridized carbons (Fsp3) is 0.222. The van der Waals surface area contributed by atoms with Crippen LogP contribution in [0.1, 0.15) is 18.1 Å². The van der Waals surface area contributed by atoms with E-state index in [1.54, 1.807) is 7.11 Å². The number of rotatable bonds is 5. The Bertz CT molecular complexity index is 746. The van der Waals surface area contributed by atoms with Crippen molar-refractivity contribution < 1.29 is 9.47 Å². The van der Waals surface area contributed by atoms with Crippen LogP contribution in [0.25, 0.3) is 10.9 Å². The van der Waals surface area contributed by atoms with Crippen LogP contribution >= 0.6 is 0 Å². The van der Waals surface area contributed by atoms with Crippen LogP contribution in [0.15, 0.2) is 48.7 Å². The Balaban J connectivity index is 1.91. The van der Waals surface area contributed by atoms with E-state index in [0.717, 1.165) is 17.9 Å². The van der Waals surface area contributed by atoms with Crippen LogP contribution < -0.4 is 9.47 Å². The lowest BCUT2D eigenvalue weighted by molar-refractivity contribution is 0.310. The van der Waals surface area contributed by atoms with Crippen LogP contribution in [0.3, 0.4) is 0 Å². The quantitative estimate of drug-likeness (QED) is 0.761. The first kappa shape index (κ1) is 13.6. The highest BCUT2D eigenvalue weighted by Crippen LogP contribution is 2.30. The van der Waals surface area contributed by atoms with E-state index in [4.69, 9.17) is 9.47 Å². The smallest absolute Gasteiger partial charge is 0.161 e. The van der Waals surface area contributed by atoms with Gasteiger partial charge < -0.3 is 14.5 Å². The van der Waals surface area contributed by atoms with Crippen LogP contribution in [-0.2, 0) is 6.42 Å². The first-order valence-electron chi connectivity index (χ1n) is 7.16. The van der Waals surface area contributed by atoms with Gasteiger partial charge in [-0.05, 0) is 42.7 Å². The topological polar surface area (TPSA) is 34.2 Å². The van der Waals surface area contributed by atoms with Crippen LogP contribution in [0.2, 0.25) is 0 Å². The third-order valence-electron chi connectivity index (χ3n) is 3.60. The molecule has 0 amide bonds. The van der Waals surface area contributed by atoms with Gasteiger partial charge in [0.15, 0.2) is 11.5 Å². The summed E-state index contributed by atoms with van der Waals surface area (Å²) < 4.78 is 11.0. The lowest BCUT2D eigenvalue weighted by Crippen LogP contribution is -1.96. The minimum atomic E-state index is 0.637. The lowest BCUT2D eigenvalue weighted by Gasteiger charge is -2.10. The van der Waals surface area contributed by atoms with Crippen molar-refractivity contribution in [3.8, 4) is 11.5 Å². The molecular formula is C18H19NO2. The molecule has 108 valence electrons. The highest BCUT2D eigenvalue weighted by atomic mass is 16.5. The summed E-state index contributed by atoms with van der Waals surface area (Å²) in [5.41, 5.74) is 3.67. The molecule has 0 saturated heterocycles. The van der Waals surface area contributed by atoms with Crippen molar-refractivity contribution >= 4 is 10.9 Å². The largest absolute Gasteiger partial charge is 0.493 e. The normalized spacial score (nSPS) is 10.8. The number of benzene rings is 2. The average molecular weight is 281 g/mol. The van der Waals surface area contributed by atoms with E-state index in [1.807, 2.05) is 25.1 Å². The number of aromatic nitrogens is 1. The van der Waals surface area contributed by atoms with Gasteiger partial charge in [-0.1, -0.05) is 24.3 Å². The lowest BCUT2D eigenvalue weighted by atomic mass is 10.0. The molecule has 3 rings (SSSR count). The van der Waals surface area contributed by atoms with Crippen LogP contribution in [0.4, 0.5) is 0 Å². The molecule has 3 heteroatoms. The van der Waals surface area contributed by atoms with Gasteiger partial charge in [0.2, 0.25) is 0 Å². The van der Waals surface area contributed by atoms with Gasteiger partial charge in [-0.25, -0.2) is 0 Å². The molecule has 0 aliphatic carbocycles. The molecule has 1 aromatic heterocycles. The average Bonchev–Trinajstić information content (AvgIpc) is 2.92. The van der Waals surface area contributed by atoms with Crippen molar-refractivity contribution in [2.75, 3.05) is 13.7 Å². The van der Waals surface area contributed by atoms with E-state index >= 15 is 0 Å². The highest BCUT2D eigenvalue weighted by Gasteiger charge is 2.08. The number of fused-ring (bicyclic) bond motifs is 1. The van der Waals surface area contributed by atoms with Crippen molar-refractivity contribution in [1.29, 1.82) is 0 Å². The molecule has 1 N–H and O–H groups in total. The Kier molecular flexibility index (Phi) is 3.82. The first-order chi connectivity index (χ1) is 10.3. The predicted molar refractivity (Wildman–Crippen MR) is 85.3 cm³/mol. The standard InChI is InChI=1S/C18H19NO2/c1-3-21-17-9-8-13(11-18(17)20-2)10-14-12-19-16-7-5-4-6-15(14)16/h4-9,11-12,19H,3,10H2,1-2H3. The van der Waals surface area contributed by atoms with Crippen LogP contribution in [-0.4, -0.2) is 18.7 Å². The van der Waals surface area contributed by atoms with Gasteiger partial charge >= 0.3 is 0 Å². The number of nitrogens with one attached hydrogen (secondary N) is 1. The van der Waals surface area contributed by atoms with E-state index in [1.165, 1.54) is 22.0 Å². The molecule has 3 aromatic rings. The van der Waals surface area contributed by atoms with Gasteiger partial charge in [0.25, 0.3) is 0 Å². The zero-order chi connectivity index (χ0) is 14.7. The zero-order valence-corrected chi connectivity index (χ0v) is 12.3. The van der Waals surface area contributed by atoms with Crippen molar-refractivity contribution in [2.24, 2.45) is 0 Å². The third kappa shape index (κ3) is 2.72. The molecule has 3 nitrogen and oxygen atoms in total. The summed E-state index contributed by atoms with van der Waals surface area (Å²) in [4.78, 5) is 3.31. The highest BCUT2D eigenvalue weighted by molar-refractivity contribution is 5.83. The summed E-state index contributed by atoms with van der Waals surface area (Å²) in [6, 6.07) is 14.5. The molecule has 0 fully saturated rings. The Morgan fingerprint density at radius 3 is 2.71 bits per heavy atom. The van der Waals surface area contributed by atoms with E-state index < -0.39 is 0 Å². The molecule has 0 atom stereocenters. The van der Waals surface area contributed by atoms with Gasteiger partial charge in [-0.3, -0.25) is 0 Å². The third-order valence-corrected chi connectivity index (χ3v) is 3.60. The summed E-state index contributed by atoms with van der Waals surface area (Å²) in [5, 5.41) is 1.27. The van der Waals surface area contributed by atoms with Gasteiger partial charge in [-0.15, -0.1) is 0 Å². The number of hydrogen-bond acceptors (Lipinski definition) is 2. The summed E-state index contributed by atoms with van der Waals surface area (Å²) in [7, 11) is 1.67. The van der Waals surface area contributed by atoms with E-state index in [-0.39, 0.29) is 0 Å². The summed E-state index contributed by atoms with van der Waals surface area (Å²) in [5.74, 6) is 1.58. The Morgan fingerprint density at radius 1 is 1.05 bits per heavy atom. The van der Waals surface area contributed by atoms with E-state index in [2.05, 4.69) is 35.4 Å². The fourth-order valence-electron chi connectivity index (χ4n) is 2.59. The van der Waals surface area contributed by atoms with Crippen molar-refractivity contribution in [2.45, 2.75) is 13.3 Å². The molecule has 0 spiro atoms. The minimum Gasteiger partial charge on any atom is -0.493 e. The molecule has 0 aliphatic rings. The number of H-pyrrole nitrogens is 1. The molecule has 1 heterocycles. The maximum Gasteiger partial charge on any atom is 0.161 e. The van der Waals surface area contributed by atoms with Gasteiger partial charge in [0.05, 0.1) is 13.7 Å². The van der Waals surface area contributed by atoms with Crippen LogP contribution in [0, 0.1) is 0 Å². The number of methoxy groups -OCH3 is 1.